The SMILES string of the molecule is CCOC(=O)c1sc(-c2ccc(OC)cc2)nc1-c1ccccc1. The van der Waals surface area contributed by atoms with Crippen molar-refractivity contribution in [2.24, 2.45) is 0 Å². The van der Waals surface area contributed by atoms with Crippen molar-refractivity contribution in [3.8, 4) is 27.6 Å². The third-order valence-corrected chi connectivity index (χ3v) is 4.56. The molecule has 0 N–H and O–H groups in total. The van der Waals surface area contributed by atoms with Crippen LogP contribution in [-0.2, 0) is 4.74 Å². The average Bonchev–Trinajstić information content (AvgIpc) is 3.08. The van der Waals surface area contributed by atoms with E-state index in [9.17, 15) is 4.79 Å². The van der Waals surface area contributed by atoms with Gasteiger partial charge >= 0.3 is 5.97 Å². The summed E-state index contributed by atoms with van der Waals surface area (Å²) in [4.78, 5) is 17.5. The Morgan fingerprint density at radius 1 is 1.04 bits per heavy atom. The second-order valence-corrected chi connectivity index (χ2v) is 6.01. The minimum Gasteiger partial charge on any atom is -0.497 e. The zero-order valence-corrected chi connectivity index (χ0v) is 14.3. The Kier molecular flexibility index (Phi) is 4.91. The summed E-state index contributed by atoms with van der Waals surface area (Å²) in [6.07, 6.45) is 0. The van der Waals surface area contributed by atoms with Crippen molar-refractivity contribution in [1.82, 2.24) is 4.98 Å². The number of carbonyl (C=O) groups is 1. The number of benzene rings is 2. The molecule has 2 aromatic carbocycles. The van der Waals surface area contributed by atoms with Crippen molar-refractivity contribution in [3.63, 3.8) is 0 Å². The Morgan fingerprint density at radius 3 is 2.38 bits per heavy atom. The first-order chi connectivity index (χ1) is 11.7. The van der Waals surface area contributed by atoms with Gasteiger partial charge in [-0.3, -0.25) is 0 Å². The molecule has 0 atom stereocenters. The van der Waals surface area contributed by atoms with Gasteiger partial charge in [0, 0.05) is 11.1 Å². The molecule has 0 saturated heterocycles. The molecular weight excluding hydrogens is 322 g/mol. The Balaban J connectivity index is 2.06. The van der Waals surface area contributed by atoms with Crippen LogP contribution in [0.25, 0.3) is 21.8 Å². The maximum Gasteiger partial charge on any atom is 0.350 e. The lowest BCUT2D eigenvalue weighted by Gasteiger charge is -2.01. The van der Waals surface area contributed by atoms with Crippen molar-refractivity contribution in [3.05, 3.63) is 59.5 Å². The fourth-order valence-electron chi connectivity index (χ4n) is 2.30. The Morgan fingerprint density at radius 2 is 1.75 bits per heavy atom. The fraction of sp³-hybridized carbons (Fsp3) is 0.158. The van der Waals surface area contributed by atoms with Gasteiger partial charge in [0.2, 0.25) is 0 Å². The van der Waals surface area contributed by atoms with Crippen molar-refractivity contribution < 1.29 is 14.3 Å². The van der Waals surface area contributed by atoms with E-state index in [4.69, 9.17) is 9.47 Å². The van der Waals surface area contributed by atoms with Crippen LogP contribution in [0.1, 0.15) is 16.6 Å². The highest BCUT2D eigenvalue weighted by atomic mass is 32.1. The molecule has 0 aliphatic rings. The first kappa shape index (κ1) is 16.2. The van der Waals surface area contributed by atoms with Gasteiger partial charge in [0.1, 0.15) is 15.6 Å². The van der Waals surface area contributed by atoms with Gasteiger partial charge in [0.15, 0.2) is 0 Å². The number of hydrogen-bond acceptors (Lipinski definition) is 5. The molecule has 0 saturated carbocycles. The molecule has 0 aliphatic heterocycles. The van der Waals surface area contributed by atoms with Gasteiger partial charge in [-0.15, -0.1) is 11.3 Å². The lowest BCUT2D eigenvalue weighted by molar-refractivity contribution is 0.0532. The highest BCUT2D eigenvalue weighted by molar-refractivity contribution is 7.17. The van der Waals surface area contributed by atoms with Crippen LogP contribution in [0.3, 0.4) is 0 Å². The van der Waals surface area contributed by atoms with Crippen LogP contribution in [0.4, 0.5) is 0 Å². The van der Waals surface area contributed by atoms with E-state index in [-0.39, 0.29) is 5.97 Å². The number of rotatable bonds is 5. The van der Waals surface area contributed by atoms with Crippen LogP contribution >= 0.6 is 11.3 Å². The number of carbonyl (C=O) groups excluding carboxylic acids is 1. The summed E-state index contributed by atoms with van der Waals surface area (Å²) in [5, 5.41) is 0.777. The van der Waals surface area contributed by atoms with E-state index in [1.54, 1.807) is 14.0 Å². The summed E-state index contributed by atoms with van der Waals surface area (Å²) in [6, 6.07) is 17.3. The van der Waals surface area contributed by atoms with Crippen LogP contribution in [0, 0.1) is 0 Å². The molecule has 0 unspecified atom stereocenters. The van der Waals surface area contributed by atoms with E-state index < -0.39 is 0 Å². The number of esters is 1. The molecule has 4 nitrogen and oxygen atoms in total. The normalized spacial score (nSPS) is 10.4. The lowest BCUT2D eigenvalue weighted by Crippen LogP contribution is -2.03. The second kappa shape index (κ2) is 7.27. The monoisotopic (exact) mass is 339 g/mol. The Hall–Kier alpha value is -2.66. The molecule has 1 heterocycles. The van der Waals surface area contributed by atoms with Crippen LogP contribution < -0.4 is 4.74 Å². The number of thiazole rings is 1. The third-order valence-electron chi connectivity index (χ3n) is 3.47. The number of hydrogen-bond donors (Lipinski definition) is 0. The van der Waals surface area contributed by atoms with Gasteiger partial charge in [-0.25, -0.2) is 9.78 Å². The van der Waals surface area contributed by atoms with Crippen LogP contribution in [0.5, 0.6) is 5.75 Å². The van der Waals surface area contributed by atoms with Crippen molar-refractivity contribution in [2.45, 2.75) is 6.92 Å². The summed E-state index contributed by atoms with van der Waals surface area (Å²) in [7, 11) is 1.63. The summed E-state index contributed by atoms with van der Waals surface area (Å²) in [5.74, 6) is 0.442. The number of ether oxygens (including phenoxy) is 2. The molecule has 3 rings (SSSR count). The summed E-state index contributed by atoms with van der Waals surface area (Å²) in [5.41, 5.74) is 2.50. The molecule has 0 amide bonds. The van der Waals surface area contributed by atoms with Crippen LogP contribution in [0.2, 0.25) is 0 Å². The molecular formula is C19H17NO3S. The van der Waals surface area contributed by atoms with Crippen LogP contribution in [-0.4, -0.2) is 24.7 Å². The molecule has 0 radical (unpaired) electrons. The summed E-state index contributed by atoms with van der Waals surface area (Å²) < 4.78 is 10.4. The van der Waals surface area contributed by atoms with Gasteiger partial charge in [0.05, 0.1) is 19.4 Å². The van der Waals surface area contributed by atoms with Gasteiger partial charge in [-0.1, -0.05) is 30.3 Å². The second-order valence-electron chi connectivity index (χ2n) is 5.01. The molecule has 122 valence electrons. The topological polar surface area (TPSA) is 48.4 Å². The van der Waals surface area contributed by atoms with Crippen LogP contribution in [0.15, 0.2) is 54.6 Å². The predicted octanol–water partition coefficient (Wildman–Crippen LogP) is 4.66. The molecule has 0 aliphatic carbocycles. The smallest absolute Gasteiger partial charge is 0.350 e. The molecule has 5 heteroatoms. The molecule has 3 aromatic rings. The van der Waals surface area contributed by atoms with E-state index in [1.165, 1.54) is 11.3 Å². The van der Waals surface area contributed by atoms with Gasteiger partial charge in [-0.2, -0.15) is 0 Å². The number of nitrogens with zero attached hydrogens (tertiary/aromatic N) is 1. The number of aromatic nitrogens is 1. The Labute approximate surface area is 144 Å². The number of methoxy groups -OCH3 is 1. The molecule has 0 spiro atoms. The minimum absolute atomic E-state index is 0.336. The maximum atomic E-state index is 12.3. The third kappa shape index (κ3) is 3.31. The molecule has 24 heavy (non-hydrogen) atoms. The van der Waals surface area contributed by atoms with E-state index in [2.05, 4.69) is 4.98 Å². The predicted molar refractivity (Wildman–Crippen MR) is 95.5 cm³/mol. The zero-order valence-electron chi connectivity index (χ0n) is 13.5. The molecule has 0 fully saturated rings. The first-order valence-corrected chi connectivity index (χ1v) is 8.42. The maximum absolute atomic E-state index is 12.3. The highest BCUT2D eigenvalue weighted by Crippen LogP contribution is 2.34. The van der Waals surface area contributed by atoms with Gasteiger partial charge in [-0.05, 0) is 31.2 Å². The average molecular weight is 339 g/mol. The van der Waals surface area contributed by atoms with E-state index in [0.717, 1.165) is 21.9 Å². The fourth-order valence-corrected chi connectivity index (χ4v) is 3.29. The van der Waals surface area contributed by atoms with Crippen molar-refractivity contribution in [2.75, 3.05) is 13.7 Å². The summed E-state index contributed by atoms with van der Waals surface area (Å²) >= 11 is 1.34. The van der Waals surface area contributed by atoms with E-state index in [1.807, 2.05) is 54.6 Å². The van der Waals surface area contributed by atoms with E-state index in [0.29, 0.717) is 17.2 Å². The molecule has 1 aromatic heterocycles. The first-order valence-electron chi connectivity index (χ1n) is 7.60. The highest BCUT2D eigenvalue weighted by Gasteiger charge is 2.21. The standard InChI is InChI=1S/C19H17NO3S/c1-3-23-19(21)17-16(13-7-5-4-6-8-13)20-18(24-17)14-9-11-15(22-2)12-10-14/h4-12H,3H2,1-2H3. The van der Waals surface area contributed by atoms with Crippen molar-refractivity contribution >= 4 is 17.3 Å². The molecule has 0 bridgehead atoms. The Bertz CT molecular complexity index is 826. The summed E-state index contributed by atoms with van der Waals surface area (Å²) in [6.45, 7) is 2.13. The largest absolute Gasteiger partial charge is 0.497 e. The quantitative estimate of drug-likeness (QED) is 0.634. The van der Waals surface area contributed by atoms with Gasteiger partial charge in [0.25, 0.3) is 0 Å². The van der Waals surface area contributed by atoms with E-state index >= 15 is 0 Å². The minimum atomic E-state index is -0.339. The lowest BCUT2D eigenvalue weighted by atomic mass is 10.1. The van der Waals surface area contributed by atoms with Crippen molar-refractivity contribution in [1.29, 1.82) is 0 Å². The van der Waals surface area contributed by atoms with Gasteiger partial charge < -0.3 is 9.47 Å². The zero-order chi connectivity index (χ0) is 16.9.